The van der Waals surface area contributed by atoms with Gasteiger partial charge in [0.15, 0.2) is 5.60 Å². The van der Waals surface area contributed by atoms with Crippen LogP contribution in [0.2, 0.25) is 0 Å². The molecule has 0 aliphatic heterocycles. The van der Waals surface area contributed by atoms with E-state index < -0.39 is 21.3 Å². The number of hydrogen-bond acceptors (Lipinski definition) is 8. The molecule has 0 heterocycles. The van der Waals surface area contributed by atoms with Crippen molar-refractivity contribution in [3.05, 3.63) is 0 Å². The summed E-state index contributed by atoms with van der Waals surface area (Å²) in [7, 11) is -3.43. The lowest BCUT2D eigenvalue weighted by atomic mass is 10.0. The molecule has 1 aliphatic carbocycles. The molecule has 0 saturated heterocycles. The van der Waals surface area contributed by atoms with E-state index in [2.05, 4.69) is 4.18 Å². The molecule has 0 N–H and O–H groups in total. The van der Waals surface area contributed by atoms with Crippen molar-refractivity contribution in [2.75, 3.05) is 45.9 Å². The molecular weight excluding hydrogens is 364 g/mol. The van der Waals surface area contributed by atoms with Crippen LogP contribution in [0.5, 0.6) is 0 Å². The summed E-state index contributed by atoms with van der Waals surface area (Å²) < 4.78 is 48.0. The molecule has 0 aromatic carbocycles. The van der Waals surface area contributed by atoms with E-state index in [0.717, 1.165) is 19.1 Å². The van der Waals surface area contributed by atoms with Crippen molar-refractivity contribution >= 4 is 16.1 Å². The van der Waals surface area contributed by atoms with Crippen LogP contribution in [-0.2, 0) is 38.0 Å². The molecule has 0 atom stereocenters. The van der Waals surface area contributed by atoms with Gasteiger partial charge in [-0.3, -0.25) is 4.18 Å². The third-order valence-electron chi connectivity index (χ3n) is 3.69. The highest BCUT2D eigenvalue weighted by Gasteiger charge is 2.45. The van der Waals surface area contributed by atoms with Crippen LogP contribution in [0.3, 0.4) is 0 Å². The maximum absolute atomic E-state index is 12.5. The first kappa shape index (κ1) is 23.3. The summed E-state index contributed by atoms with van der Waals surface area (Å²) >= 11 is 0. The lowest BCUT2D eigenvalue weighted by molar-refractivity contribution is -0.185. The molecule has 0 aromatic heterocycles. The first-order valence-corrected chi connectivity index (χ1v) is 10.7. The van der Waals surface area contributed by atoms with Crippen molar-refractivity contribution < 1.29 is 36.3 Å². The topological polar surface area (TPSA) is 97.4 Å². The van der Waals surface area contributed by atoms with Gasteiger partial charge in [-0.15, -0.1) is 0 Å². The third kappa shape index (κ3) is 9.82. The van der Waals surface area contributed by atoms with Crippen molar-refractivity contribution in [1.82, 2.24) is 0 Å². The van der Waals surface area contributed by atoms with E-state index in [1.807, 2.05) is 20.8 Å². The molecule has 154 valence electrons. The van der Waals surface area contributed by atoms with E-state index in [4.69, 9.17) is 18.9 Å². The normalized spacial score (nSPS) is 17.4. The largest absolute Gasteiger partial charge is 0.458 e. The number of esters is 1. The standard InChI is InChI=1S/C17H32O8S/c1-16(2,3)25-15(18)17(7-5-6-8-17)23-13-11-21-9-10-22-12-14-24-26(4,19)20/h5-14H2,1-4H3. The summed E-state index contributed by atoms with van der Waals surface area (Å²) in [6, 6.07) is 0. The van der Waals surface area contributed by atoms with Crippen LogP contribution in [-0.4, -0.2) is 71.5 Å². The van der Waals surface area contributed by atoms with Crippen LogP contribution in [0.25, 0.3) is 0 Å². The summed E-state index contributed by atoms with van der Waals surface area (Å²) in [5.41, 5.74) is -1.39. The zero-order valence-corrected chi connectivity index (χ0v) is 17.1. The Labute approximate surface area is 156 Å². The number of carbonyl (C=O) groups is 1. The summed E-state index contributed by atoms with van der Waals surface area (Å²) in [5, 5.41) is 0. The zero-order chi connectivity index (χ0) is 19.7. The quantitative estimate of drug-likeness (QED) is 0.279. The fourth-order valence-electron chi connectivity index (χ4n) is 2.59. The number of carbonyl (C=O) groups excluding carboxylic acids is 1. The summed E-state index contributed by atoms with van der Waals surface area (Å²) in [6.07, 6.45) is 4.23. The number of hydrogen-bond donors (Lipinski definition) is 0. The Morgan fingerprint density at radius 3 is 1.92 bits per heavy atom. The molecule has 0 bridgehead atoms. The maximum Gasteiger partial charge on any atom is 0.338 e. The van der Waals surface area contributed by atoms with E-state index in [0.29, 0.717) is 39.3 Å². The Hall–Kier alpha value is -0.740. The van der Waals surface area contributed by atoms with Crippen molar-refractivity contribution in [3.8, 4) is 0 Å². The van der Waals surface area contributed by atoms with E-state index in [1.165, 1.54) is 0 Å². The average molecular weight is 397 g/mol. The molecule has 1 aliphatic rings. The SMILES string of the molecule is CC(C)(C)OC(=O)C1(OCCOCCOCCOS(C)(=O)=O)CCCC1. The van der Waals surface area contributed by atoms with Gasteiger partial charge in [-0.2, -0.15) is 8.42 Å². The molecule has 1 saturated carbocycles. The fourth-order valence-corrected chi connectivity index (χ4v) is 2.96. The molecule has 0 radical (unpaired) electrons. The van der Waals surface area contributed by atoms with Gasteiger partial charge < -0.3 is 18.9 Å². The van der Waals surface area contributed by atoms with Gasteiger partial charge >= 0.3 is 5.97 Å². The fraction of sp³-hybridized carbons (Fsp3) is 0.941. The molecule has 26 heavy (non-hydrogen) atoms. The van der Waals surface area contributed by atoms with Gasteiger partial charge in [0.05, 0.1) is 45.9 Å². The second kappa shape index (κ2) is 10.6. The van der Waals surface area contributed by atoms with Crippen LogP contribution in [0, 0.1) is 0 Å². The van der Waals surface area contributed by atoms with Crippen LogP contribution in [0.15, 0.2) is 0 Å². The Kier molecular flexibility index (Phi) is 9.46. The van der Waals surface area contributed by atoms with Gasteiger partial charge in [0.2, 0.25) is 0 Å². The molecule has 0 amide bonds. The molecule has 0 aromatic rings. The minimum absolute atomic E-state index is 0.0135. The lowest BCUT2D eigenvalue weighted by Crippen LogP contribution is -2.44. The van der Waals surface area contributed by atoms with Gasteiger partial charge in [-0.05, 0) is 46.5 Å². The molecule has 9 heteroatoms. The Morgan fingerprint density at radius 2 is 1.42 bits per heavy atom. The minimum atomic E-state index is -3.43. The van der Waals surface area contributed by atoms with Crippen LogP contribution >= 0.6 is 0 Å². The smallest absolute Gasteiger partial charge is 0.338 e. The molecule has 1 fully saturated rings. The molecule has 0 unspecified atom stereocenters. The predicted molar refractivity (Wildman–Crippen MR) is 95.4 cm³/mol. The van der Waals surface area contributed by atoms with Crippen molar-refractivity contribution in [2.45, 2.75) is 57.7 Å². The van der Waals surface area contributed by atoms with Gasteiger partial charge in [0, 0.05) is 0 Å². The first-order valence-electron chi connectivity index (χ1n) is 8.91. The van der Waals surface area contributed by atoms with E-state index in [9.17, 15) is 13.2 Å². The van der Waals surface area contributed by atoms with Crippen molar-refractivity contribution in [2.24, 2.45) is 0 Å². The van der Waals surface area contributed by atoms with Crippen LogP contribution in [0.4, 0.5) is 0 Å². The second-order valence-electron chi connectivity index (χ2n) is 7.30. The number of rotatable bonds is 12. The Bertz CT molecular complexity index is 517. The van der Waals surface area contributed by atoms with Crippen molar-refractivity contribution in [1.29, 1.82) is 0 Å². The van der Waals surface area contributed by atoms with E-state index in [1.54, 1.807) is 0 Å². The van der Waals surface area contributed by atoms with Crippen LogP contribution in [0.1, 0.15) is 46.5 Å². The minimum Gasteiger partial charge on any atom is -0.458 e. The lowest BCUT2D eigenvalue weighted by Gasteiger charge is -2.31. The second-order valence-corrected chi connectivity index (χ2v) is 8.95. The van der Waals surface area contributed by atoms with E-state index >= 15 is 0 Å². The van der Waals surface area contributed by atoms with E-state index in [-0.39, 0.29) is 19.2 Å². The van der Waals surface area contributed by atoms with Crippen molar-refractivity contribution in [3.63, 3.8) is 0 Å². The molecule has 1 rings (SSSR count). The van der Waals surface area contributed by atoms with Crippen LogP contribution < -0.4 is 0 Å². The Balaban J connectivity index is 2.15. The molecular formula is C17H32O8S. The molecule has 8 nitrogen and oxygen atoms in total. The summed E-state index contributed by atoms with van der Waals surface area (Å²) in [4.78, 5) is 12.5. The Morgan fingerprint density at radius 1 is 0.923 bits per heavy atom. The maximum atomic E-state index is 12.5. The first-order chi connectivity index (χ1) is 12.0. The highest BCUT2D eigenvalue weighted by molar-refractivity contribution is 7.85. The zero-order valence-electron chi connectivity index (χ0n) is 16.2. The van der Waals surface area contributed by atoms with Gasteiger partial charge in [-0.25, -0.2) is 4.79 Å². The molecule has 0 spiro atoms. The summed E-state index contributed by atoms with van der Waals surface area (Å²) in [5.74, 6) is -0.295. The third-order valence-corrected chi connectivity index (χ3v) is 4.28. The van der Waals surface area contributed by atoms with Gasteiger partial charge in [0.1, 0.15) is 5.60 Å². The monoisotopic (exact) mass is 396 g/mol. The summed E-state index contributed by atoms with van der Waals surface area (Å²) in [6.45, 7) is 7.01. The average Bonchev–Trinajstić information content (AvgIpc) is 2.96. The van der Waals surface area contributed by atoms with Gasteiger partial charge in [-0.1, -0.05) is 0 Å². The van der Waals surface area contributed by atoms with Gasteiger partial charge in [0.25, 0.3) is 10.1 Å². The highest BCUT2D eigenvalue weighted by Crippen LogP contribution is 2.35. The predicted octanol–water partition coefficient (Wildman–Crippen LogP) is 1.67. The highest BCUT2D eigenvalue weighted by atomic mass is 32.2. The number of ether oxygens (including phenoxy) is 4.